The van der Waals surface area contributed by atoms with E-state index in [9.17, 15) is 19.2 Å². The number of aldehydes is 1. The van der Waals surface area contributed by atoms with Gasteiger partial charge in [-0.15, -0.1) is 0 Å². The smallest absolute Gasteiger partial charge is 0.200 e. The molecule has 0 aromatic heterocycles. The van der Waals surface area contributed by atoms with Crippen LogP contribution in [-0.4, -0.2) is 30.7 Å². The van der Waals surface area contributed by atoms with Gasteiger partial charge in [0.2, 0.25) is 0 Å². The van der Waals surface area contributed by atoms with Crippen LogP contribution in [0.1, 0.15) is 71.2 Å². The highest BCUT2D eigenvalue weighted by Gasteiger charge is 2.72. The van der Waals surface area contributed by atoms with Crippen molar-refractivity contribution >= 4 is 23.6 Å². The molecule has 35 heavy (non-hydrogen) atoms. The minimum Gasteiger partial charge on any atom is -0.499 e. The molecular weight excluding hydrogens is 440 g/mol. The SMILES string of the molecule is COC1=C(C(=O)c2ccccc2)C(=O)[C@@]2(CC=C(C)C)C(=O)[C@]1(CC=C(C)C)C[C@@H](C=O)C2(C)C. The van der Waals surface area contributed by atoms with Crippen LogP contribution >= 0.6 is 0 Å². The molecule has 5 nitrogen and oxygen atoms in total. The van der Waals surface area contributed by atoms with Crippen molar-refractivity contribution < 1.29 is 23.9 Å². The zero-order chi connectivity index (χ0) is 26.2. The lowest BCUT2D eigenvalue weighted by Crippen LogP contribution is -2.67. The summed E-state index contributed by atoms with van der Waals surface area (Å²) in [6.45, 7) is 11.3. The third-order valence-electron chi connectivity index (χ3n) is 8.00. The molecule has 0 amide bonds. The quantitative estimate of drug-likeness (QED) is 0.155. The minimum absolute atomic E-state index is 0.0694. The summed E-state index contributed by atoms with van der Waals surface area (Å²) in [6.07, 6.45) is 5.24. The molecule has 2 bridgehead atoms. The fourth-order valence-corrected chi connectivity index (χ4v) is 5.80. The number of ether oxygens (including phenoxy) is 1. The predicted molar refractivity (Wildman–Crippen MR) is 136 cm³/mol. The number of benzene rings is 1. The maximum absolute atomic E-state index is 14.6. The van der Waals surface area contributed by atoms with Crippen LogP contribution in [-0.2, 0) is 19.1 Å². The summed E-state index contributed by atoms with van der Waals surface area (Å²) in [5.74, 6) is -1.74. The van der Waals surface area contributed by atoms with Crippen molar-refractivity contribution in [2.75, 3.05) is 7.11 Å². The minimum atomic E-state index is -1.56. The summed E-state index contributed by atoms with van der Waals surface area (Å²) < 4.78 is 5.80. The number of carbonyl (C=O) groups excluding carboxylic acids is 4. The van der Waals surface area contributed by atoms with Crippen LogP contribution in [0.4, 0.5) is 0 Å². The van der Waals surface area contributed by atoms with Gasteiger partial charge in [-0.05, 0) is 52.4 Å². The molecule has 3 rings (SSSR count). The molecule has 0 aliphatic heterocycles. The second-order valence-electron chi connectivity index (χ2n) is 10.9. The molecule has 0 spiro atoms. The van der Waals surface area contributed by atoms with Gasteiger partial charge in [-0.1, -0.05) is 67.5 Å². The van der Waals surface area contributed by atoms with Crippen molar-refractivity contribution in [2.45, 2.75) is 60.8 Å². The molecule has 2 aliphatic rings. The Balaban J connectivity index is 2.47. The van der Waals surface area contributed by atoms with Gasteiger partial charge in [-0.25, -0.2) is 0 Å². The fourth-order valence-electron chi connectivity index (χ4n) is 5.80. The van der Waals surface area contributed by atoms with Gasteiger partial charge in [0.1, 0.15) is 23.0 Å². The molecule has 186 valence electrons. The van der Waals surface area contributed by atoms with E-state index < -0.39 is 33.7 Å². The van der Waals surface area contributed by atoms with Gasteiger partial charge in [0.15, 0.2) is 17.3 Å². The topological polar surface area (TPSA) is 77.5 Å². The number of methoxy groups -OCH3 is 1. The first-order valence-electron chi connectivity index (χ1n) is 12.1. The van der Waals surface area contributed by atoms with Crippen LogP contribution in [0, 0.1) is 22.2 Å². The van der Waals surface area contributed by atoms with E-state index in [-0.39, 0.29) is 36.4 Å². The number of hydrogen-bond acceptors (Lipinski definition) is 5. The van der Waals surface area contributed by atoms with Crippen molar-refractivity contribution in [2.24, 2.45) is 22.2 Å². The molecule has 0 N–H and O–H groups in total. The van der Waals surface area contributed by atoms with E-state index in [1.165, 1.54) is 7.11 Å². The van der Waals surface area contributed by atoms with Crippen LogP contribution in [0.15, 0.2) is 65.0 Å². The Morgan fingerprint density at radius 3 is 2.09 bits per heavy atom. The summed E-state index contributed by atoms with van der Waals surface area (Å²) in [5, 5.41) is 0. The van der Waals surface area contributed by atoms with Gasteiger partial charge >= 0.3 is 0 Å². The maximum Gasteiger partial charge on any atom is 0.200 e. The van der Waals surface area contributed by atoms with Crippen molar-refractivity contribution in [3.8, 4) is 0 Å². The van der Waals surface area contributed by atoms with Crippen LogP contribution < -0.4 is 0 Å². The first-order chi connectivity index (χ1) is 16.4. The molecule has 0 saturated heterocycles. The van der Waals surface area contributed by atoms with Crippen molar-refractivity contribution in [3.63, 3.8) is 0 Å². The lowest BCUT2D eigenvalue weighted by atomic mass is 9.40. The lowest BCUT2D eigenvalue weighted by molar-refractivity contribution is -0.171. The van der Waals surface area contributed by atoms with Gasteiger partial charge < -0.3 is 9.53 Å². The van der Waals surface area contributed by atoms with E-state index in [2.05, 4.69) is 0 Å². The van der Waals surface area contributed by atoms with E-state index in [0.29, 0.717) is 5.56 Å². The zero-order valence-corrected chi connectivity index (χ0v) is 21.9. The zero-order valence-electron chi connectivity index (χ0n) is 21.9. The van der Waals surface area contributed by atoms with Gasteiger partial charge in [0.25, 0.3) is 0 Å². The molecule has 0 radical (unpaired) electrons. The van der Waals surface area contributed by atoms with Crippen LogP contribution in [0.25, 0.3) is 0 Å². The maximum atomic E-state index is 14.6. The van der Waals surface area contributed by atoms with Crippen molar-refractivity contribution in [1.82, 2.24) is 0 Å². The molecule has 0 unspecified atom stereocenters. The van der Waals surface area contributed by atoms with E-state index in [1.54, 1.807) is 30.3 Å². The van der Waals surface area contributed by atoms with Gasteiger partial charge in [-0.3, -0.25) is 14.4 Å². The number of carbonyl (C=O) groups is 4. The average Bonchev–Trinajstić information content (AvgIpc) is 2.81. The van der Waals surface area contributed by atoms with Gasteiger partial charge in [0, 0.05) is 11.5 Å². The Hall–Kier alpha value is -3.08. The average molecular weight is 477 g/mol. The number of fused-ring (bicyclic) bond motifs is 2. The molecule has 1 aromatic rings. The molecule has 1 saturated carbocycles. The highest BCUT2D eigenvalue weighted by Crippen LogP contribution is 2.65. The molecular formula is C30H36O5. The number of allylic oxidation sites excluding steroid dienone is 6. The predicted octanol–water partition coefficient (Wildman–Crippen LogP) is 5.85. The van der Waals surface area contributed by atoms with Gasteiger partial charge in [0.05, 0.1) is 12.5 Å². The highest BCUT2D eigenvalue weighted by atomic mass is 16.5. The van der Waals surface area contributed by atoms with Crippen LogP contribution in [0.3, 0.4) is 0 Å². The second kappa shape index (κ2) is 9.52. The second-order valence-corrected chi connectivity index (χ2v) is 10.9. The monoisotopic (exact) mass is 476 g/mol. The summed E-state index contributed by atoms with van der Waals surface area (Å²) >= 11 is 0. The van der Waals surface area contributed by atoms with Crippen LogP contribution in [0.2, 0.25) is 0 Å². The van der Waals surface area contributed by atoms with E-state index in [4.69, 9.17) is 4.74 Å². The first-order valence-corrected chi connectivity index (χ1v) is 12.1. The molecule has 3 atom stereocenters. The third-order valence-corrected chi connectivity index (χ3v) is 8.00. The number of hydrogen-bond donors (Lipinski definition) is 0. The van der Waals surface area contributed by atoms with Gasteiger partial charge in [-0.2, -0.15) is 0 Å². The summed E-state index contributed by atoms with van der Waals surface area (Å²) in [7, 11) is 1.40. The van der Waals surface area contributed by atoms with Crippen molar-refractivity contribution in [3.05, 3.63) is 70.5 Å². The summed E-state index contributed by atoms with van der Waals surface area (Å²) in [4.78, 5) is 55.4. The number of Topliss-reactive ketones (excluding diaryl/α,β-unsaturated/α-hetero) is 3. The highest BCUT2D eigenvalue weighted by molar-refractivity contribution is 6.35. The normalized spacial score (nSPS) is 27.2. The molecule has 5 heteroatoms. The Bertz CT molecular complexity index is 1140. The first kappa shape index (κ1) is 26.5. The summed E-state index contributed by atoms with van der Waals surface area (Å²) in [6, 6.07) is 8.60. The third kappa shape index (κ3) is 3.95. The fraction of sp³-hybridized carbons (Fsp3) is 0.467. The van der Waals surface area contributed by atoms with E-state index in [0.717, 1.165) is 17.4 Å². The Morgan fingerprint density at radius 2 is 1.57 bits per heavy atom. The standard InChI is InChI=1S/C30H36O5/c1-19(2)13-15-29-17-22(18-31)28(5,6)30(27(29)34,16-14-20(3)4)25(33)23(26(29)35-7)24(32)21-11-9-8-10-12-21/h8-14,18,22H,15-17H2,1-7H3/t22-,29+,30-/m0/s1. The van der Waals surface area contributed by atoms with E-state index >= 15 is 0 Å². The molecule has 1 fully saturated rings. The molecule has 2 aliphatic carbocycles. The Labute approximate surface area is 208 Å². The molecule has 0 heterocycles. The number of ketones is 3. The Morgan fingerprint density at radius 1 is 1.00 bits per heavy atom. The number of rotatable bonds is 8. The summed E-state index contributed by atoms with van der Waals surface area (Å²) in [5.41, 5.74) is -1.60. The Kier molecular flexibility index (Phi) is 7.21. The molecule has 1 aromatic carbocycles. The lowest BCUT2D eigenvalue weighted by Gasteiger charge is -2.59. The van der Waals surface area contributed by atoms with E-state index in [1.807, 2.05) is 53.7 Å². The largest absolute Gasteiger partial charge is 0.499 e. The van der Waals surface area contributed by atoms with Crippen LogP contribution in [0.5, 0.6) is 0 Å². The van der Waals surface area contributed by atoms with Crippen molar-refractivity contribution in [1.29, 1.82) is 0 Å².